The topological polar surface area (TPSA) is 35.5 Å². The van der Waals surface area contributed by atoms with Crippen molar-refractivity contribution in [1.82, 2.24) is 5.32 Å². The van der Waals surface area contributed by atoms with Gasteiger partial charge < -0.3 is 15.3 Å². The summed E-state index contributed by atoms with van der Waals surface area (Å²) in [4.78, 5) is 2.37. The molecule has 2 N–H and O–H groups in total. The second-order valence-corrected chi connectivity index (χ2v) is 4.06. The van der Waals surface area contributed by atoms with Crippen LogP contribution in [0.5, 0.6) is 0 Å². The van der Waals surface area contributed by atoms with E-state index in [0.29, 0.717) is 6.42 Å². The van der Waals surface area contributed by atoms with E-state index < -0.39 is 0 Å². The molecule has 90 valence electrons. The van der Waals surface area contributed by atoms with E-state index >= 15 is 0 Å². The minimum Gasteiger partial charge on any atom is -0.395 e. The van der Waals surface area contributed by atoms with Crippen molar-refractivity contribution in [2.75, 3.05) is 37.7 Å². The summed E-state index contributed by atoms with van der Waals surface area (Å²) in [6, 6.07) is 8.30. The Labute approximate surface area is 102 Å². The lowest BCUT2D eigenvalue weighted by Crippen LogP contribution is -2.43. The highest BCUT2D eigenvalue weighted by Gasteiger charge is 2.09. The molecule has 1 aliphatic rings. The van der Waals surface area contributed by atoms with Gasteiger partial charge in [0.25, 0.3) is 0 Å². The van der Waals surface area contributed by atoms with Gasteiger partial charge in [0.2, 0.25) is 0 Å². The number of nitrogens with zero attached hydrogens (tertiary/aromatic N) is 1. The van der Waals surface area contributed by atoms with Gasteiger partial charge in [0.1, 0.15) is 0 Å². The maximum Gasteiger partial charge on any atom is 0.0540 e. The standard InChI is InChI=1S/C14H18N2O/c17-11-2-1-4-13-5-3-6-14(12-13)16-9-7-15-8-10-16/h3,5-6,12,15,17H,2,7-11H2. The van der Waals surface area contributed by atoms with E-state index in [1.807, 2.05) is 12.1 Å². The quantitative estimate of drug-likeness (QED) is 0.739. The van der Waals surface area contributed by atoms with Gasteiger partial charge in [-0.1, -0.05) is 17.9 Å². The fourth-order valence-electron chi connectivity index (χ4n) is 1.92. The molecule has 17 heavy (non-hydrogen) atoms. The van der Waals surface area contributed by atoms with E-state index in [1.54, 1.807) is 0 Å². The molecular formula is C14H18N2O. The molecule has 0 bridgehead atoms. The van der Waals surface area contributed by atoms with Gasteiger partial charge in [-0.3, -0.25) is 0 Å². The van der Waals surface area contributed by atoms with E-state index in [1.165, 1.54) is 5.69 Å². The van der Waals surface area contributed by atoms with Crippen LogP contribution in [0.25, 0.3) is 0 Å². The third-order valence-electron chi connectivity index (χ3n) is 2.80. The van der Waals surface area contributed by atoms with Gasteiger partial charge in [0.15, 0.2) is 0 Å². The molecule has 0 unspecified atom stereocenters. The number of aliphatic hydroxyl groups is 1. The van der Waals surface area contributed by atoms with Gasteiger partial charge in [-0.2, -0.15) is 0 Å². The van der Waals surface area contributed by atoms with Crippen molar-refractivity contribution in [2.24, 2.45) is 0 Å². The molecule has 3 heteroatoms. The molecule has 1 aromatic carbocycles. The maximum atomic E-state index is 8.69. The van der Waals surface area contributed by atoms with Crippen molar-refractivity contribution in [3.8, 4) is 11.8 Å². The van der Waals surface area contributed by atoms with E-state index in [4.69, 9.17) is 5.11 Å². The summed E-state index contributed by atoms with van der Waals surface area (Å²) in [5.74, 6) is 6.02. The molecular weight excluding hydrogens is 212 g/mol. The molecule has 1 heterocycles. The van der Waals surface area contributed by atoms with E-state index in [9.17, 15) is 0 Å². The molecule has 1 saturated heterocycles. The predicted molar refractivity (Wildman–Crippen MR) is 70.1 cm³/mol. The Bertz CT molecular complexity index is 414. The molecule has 3 nitrogen and oxygen atoms in total. The Kier molecular flexibility index (Phi) is 4.43. The molecule has 0 saturated carbocycles. The number of piperazine rings is 1. The van der Waals surface area contributed by atoms with Crippen molar-refractivity contribution in [1.29, 1.82) is 0 Å². The fraction of sp³-hybridized carbons (Fsp3) is 0.429. The van der Waals surface area contributed by atoms with Gasteiger partial charge >= 0.3 is 0 Å². The number of benzene rings is 1. The van der Waals surface area contributed by atoms with Crippen LogP contribution < -0.4 is 10.2 Å². The second kappa shape index (κ2) is 6.29. The highest BCUT2D eigenvalue weighted by atomic mass is 16.2. The van der Waals surface area contributed by atoms with Crippen LogP contribution in [0.1, 0.15) is 12.0 Å². The number of nitrogens with one attached hydrogen (secondary N) is 1. The normalized spacial score (nSPS) is 15.2. The lowest BCUT2D eigenvalue weighted by atomic mass is 10.1. The van der Waals surface area contributed by atoms with Crippen LogP contribution in [-0.4, -0.2) is 37.9 Å². The lowest BCUT2D eigenvalue weighted by molar-refractivity contribution is 0.305. The Morgan fingerprint density at radius 1 is 1.29 bits per heavy atom. The van der Waals surface area contributed by atoms with E-state index in [-0.39, 0.29) is 6.61 Å². The Balaban J connectivity index is 2.08. The smallest absolute Gasteiger partial charge is 0.0540 e. The van der Waals surface area contributed by atoms with Crippen LogP contribution in [0, 0.1) is 11.8 Å². The monoisotopic (exact) mass is 230 g/mol. The number of anilines is 1. The zero-order valence-corrected chi connectivity index (χ0v) is 9.95. The number of hydrogen-bond donors (Lipinski definition) is 2. The average molecular weight is 230 g/mol. The van der Waals surface area contributed by atoms with Gasteiger partial charge in [-0.25, -0.2) is 0 Å². The average Bonchev–Trinajstić information content (AvgIpc) is 2.41. The highest BCUT2D eigenvalue weighted by Crippen LogP contribution is 2.16. The summed E-state index contributed by atoms with van der Waals surface area (Å²) in [5.41, 5.74) is 2.26. The molecule has 2 rings (SSSR count). The largest absolute Gasteiger partial charge is 0.395 e. The predicted octanol–water partition coefficient (Wildman–Crippen LogP) is 0.830. The summed E-state index contributed by atoms with van der Waals surface area (Å²) in [5, 5.41) is 12.0. The Morgan fingerprint density at radius 3 is 2.88 bits per heavy atom. The summed E-state index contributed by atoms with van der Waals surface area (Å²) >= 11 is 0. The number of rotatable bonds is 2. The van der Waals surface area contributed by atoms with Crippen molar-refractivity contribution in [2.45, 2.75) is 6.42 Å². The zero-order valence-electron chi connectivity index (χ0n) is 9.95. The highest BCUT2D eigenvalue weighted by molar-refractivity contribution is 5.52. The lowest BCUT2D eigenvalue weighted by Gasteiger charge is -2.29. The van der Waals surface area contributed by atoms with Gasteiger partial charge in [0.05, 0.1) is 6.61 Å². The molecule has 0 atom stereocenters. The van der Waals surface area contributed by atoms with Crippen LogP contribution in [0.15, 0.2) is 24.3 Å². The molecule has 0 amide bonds. The first-order valence-electron chi connectivity index (χ1n) is 6.05. The number of hydrogen-bond acceptors (Lipinski definition) is 3. The second-order valence-electron chi connectivity index (χ2n) is 4.06. The van der Waals surface area contributed by atoms with Crippen molar-refractivity contribution in [3.05, 3.63) is 29.8 Å². The molecule has 1 fully saturated rings. The van der Waals surface area contributed by atoms with Crippen LogP contribution >= 0.6 is 0 Å². The third-order valence-corrected chi connectivity index (χ3v) is 2.80. The summed E-state index contributed by atoms with van der Waals surface area (Å²) in [6.45, 7) is 4.31. The van der Waals surface area contributed by atoms with Gasteiger partial charge in [-0.15, -0.1) is 0 Å². The third kappa shape index (κ3) is 3.48. The molecule has 0 spiro atoms. The summed E-state index contributed by atoms with van der Waals surface area (Å²) in [6.07, 6.45) is 0.540. The van der Waals surface area contributed by atoms with E-state index in [2.05, 4.69) is 34.2 Å². The first kappa shape index (κ1) is 12.0. The summed E-state index contributed by atoms with van der Waals surface area (Å²) < 4.78 is 0. The Morgan fingerprint density at radius 2 is 2.12 bits per heavy atom. The van der Waals surface area contributed by atoms with Crippen molar-refractivity contribution < 1.29 is 5.11 Å². The molecule has 1 aromatic rings. The van der Waals surface area contributed by atoms with Gasteiger partial charge in [-0.05, 0) is 18.2 Å². The Hall–Kier alpha value is -1.50. The van der Waals surface area contributed by atoms with Crippen molar-refractivity contribution in [3.63, 3.8) is 0 Å². The maximum absolute atomic E-state index is 8.69. The SMILES string of the molecule is OCCC#Cc1cccc(N2CCNCC2)c1. The van der Waals surface area contributed by atoms with Crippen LogP contribution in [-0.2, 0) is 0 Å². The molecule has 1 aliphatic heterocycles. The zero-order chi connectivity index (χ0) is 11.9. The fourth-order valence-corrected chi connectivity index (χ4v) is 1.92. The van der Waals surface area contributed by atoms with Crippen molar-refractivity contribution >= 4 is 5.69 Å². The summed E-state index contributed by atoms with van der Waals surface area (Å²) in [7, 11) is 0. The molecule has 0 aliphatic carbocycles. The van der Waals surface area contributed by atoms with Crippen LogP contribution in [0.2, 0.25) is 0 Å². The molecule has 0 radical (unpaired) electrons. The van der Waals surface area contributed by atoms with Crippen LogP contribution in [0.3, 0.4) is 0 Å². The number of aliphatic hydroxyl groups excluding tert-OH is 1. The minimum atomic E-state index is 0.129. The first-order valence-corrected chi connectivity index (χ1v) is 6.05. The first-order chi connectivity index (χ1) is 8.40. The van der Waals surface area contributed by atoms with Crippen LogP contribution in [0.4, 0.5) is 5.69 Å². The van der Waals surface area contributed by atoms with Gasteiger partial charge in [0, 0.05) is 43.9 Å². The molecule has 0 aromatic heterocycles. The van der Waals surface area contributed by atoms with E-state index in [0.717, 1.165) is 31.7 Å². The minimum absolute atomic E-state index is 0.129.